The van der Waals surface area contributed by atoms with Crippen molar-refractivity contribution in [2.45, 2.75) is 26.3 Å². The Balaban J connectivity index is 1.74. The van der Waals surface area contributed by atoms with Crippen molar-refractivity contribution in [3.8, 4) is 11.5 Å². The van der Waals surface area contributed by atoms with E-state index >= 15 is 0 Å². The summed E-state index contributed by atoms with van der Waals surface area (Å²) >= 11 is 0. The SMILES string of the molecule is CCN1C(=NP(=O)(Oc2ccccc2)Oc2ccccc2)Cc2ccccc2C1C. The van der Waals surface area contributed by atoms with Crippen molar-refractivity contribution in [2.24, 2.45) is 4.76 Å². The van der Waals surface area contributed by atoms with Crippen LogP contribution in [0.4, 0.5) is 0 Å². The first-order valence-electron chi connectivity index (χ1n) is 10.1. The zero-order chi connectivity index (χ0) is 21.0. The van der Waals surface area contributed by atoms with E-state index in [1.807, 2.05) is 48.5 Å². The first-order chi connectivity index (χ1) is 14.6. The molecule has 0 saturated heterocycles. The monoisotopic (exact) mass is 420 g/mol. The molecule has 0 saturated carbocycles. The summed E-state index contributed by atoms with van der Waals surface area (Å²) in [4.78, 5) is 2.15. The lowest BCUT2D eigenvalue weighted by atomic mass is 9.93. The highest BCUT2D eigenvalue weighted by molar-refractivity contribution is 7.53. The second-order valence-corrected chi connectivity index (χ2v) is 8.63. The Labute approximate surface area is 177 Å². The van der Waals surface area contributed by atoms with Crippen LogP contribution in [0.5, 0.6) is 11.5 Å². The van der Waals surface area contributed by atoms with E-state index in [0.717, 1.165) is 6.54 Å². The van der Waals surface area contributed by atoms with Crippen molar-refractivity contribution in [1.29, 1.82) is 0 Å². The van der Waals surface area contributed by atoms with E-state index in [9.17, 15) is 4.57 Å². The van der Waals surface area contributed by atoms with Gasteiger partial charge in [0.2, 0.25) is 0 Å². The second-order valence-electron chi connectivity index (χ2n) is 7.13. The Morgan fingerprint density at radius 1 is 0.900 bits per heavy atom. The topological polar surface area (TPSA) is 51.1 Å². The Bertz CT molecular complexity index is 1020. The predicted molar refractivity (Wildman–Crippen MR) is 120 cm³/mol. The number of rotatable bonds is 6. The number of hydrogen-bond donors (Lipinski definition) is 0. The van der Waals surface area contributed by atoms with Crippen molar-refractivity contribution >= 4 is 13.6 Å². The zero-order valence-electron chi connectivity index (χ0n) is 17.1. The molecule has 0 radical (unpaired) electrons. The van der Waals surface area contributed by atoms with E-state index < -0.39 is 7.75 Å². The third-order valence-electron chi connectivity index (χ3n) is 5.16. The van der Waals surface area contributed by atoms with Gasteiger partial charge in [0.05, 0.1) is 6.04 Å². The van der Waals surface area contributed by atoms with Gasteiger partial charge in [-0.1, -0.05) is 60.7 Å². The molecule has 3 aromatic rings. The first-order valence-corrected chi connectivity index (χ1v) is 11.6. The molecule has 154 valence electrons. The van der Waals surface area contributed by atoms with Crippen molar-refractivity contribution in [2.75, 3.05) is 6.54 Å². The third kappa shape index (κ3) is 4.42. The van der Waals surface area contributed by atoms with Gasteiger partial charge in [0.1, 0.15) is 17.3 Å². The normalized spacial score (nSPS) is 17.5. The molecule has 4 rings (SSSR count). The van der Waals surface area contributed by atoms with Crippen LogP contribution in [0, 0.1) is 0 Å². The van der Waals surface area contributed by atoms with Crippen LogP contribution in [0.1, 0.15) is 31.0 Å². The summed E-state index contributed by atoms with van der Waals surface area (Å²) in [5, 5.41) is 0. The van der Waals surface area contributed by atoms with Crippen LogP contribution >= 0.6 is 7.75 Å². The smallest absolute Gasteiger partial charge is 0.399 e. The van der Waals surface area contributed by atoms with Crippen molar-refractivity contribution < 1.29 is 13.6 Å². The summed E-state index contributed by atoms with van der Waals surface area (Å²) in [6, 6.07) is 26.5. The average Bonchev–Trinajstić information content (AvgIpc) is 2.75. The molecule has 0 spiro atoms. The quantitative estimate of drug-likeness (QED) is 0.440. The lowest BCUT2D eigenvalue weighted by Gasteiger charge is -2.37. The fourth-order valence-corrected chi connectivity index (χ4v) is 5.11. The molecule has 0 amide bonds. The third-order valence-corrected chi connectivity index (χ3v) is 6.52. The molecule has 0 fully saturated rings. The van der Waals surface area contributed by atoms with Crippen molar-refractivity contribution in [1.82, 2.24) is 4.90 Å². The van der Waals surface area contributed by atoms with Gasteiger partial charge < -0.3 is 13.9 Å². The Morgan fingerprint density at radius 3 is 2.00 bits per heavy atom. The van der Waals surface area contributed by atoms with Crippen LogP contribution in [0.3, 0.4) is 0 Å². The summed E-state index contributed by atoms with van der Waals surface area (Å²) in [7, 11) is -3.87. The Hall–Kier alpha value is -3.04. The van der Waals surface area contributed by atoms with E-state index in [0.29, 0.717) is 23.8 Å². The molecule has 1 heterocycles. The van der Waals surface area contributed by atoms with Crippen LogP contribution in [0.2, 0.25) is 0 Å². The molecule has 0 aliphatic carbocycles. The Morgan fingerprint density at radius 2 is 1.43 bits per heavy atom. The Kier molecular flexibility index (Phi) is 5.91. The van der Waals surface area contributed by atoms with Crippen LogP contribution in [0.25, 0.3) is 0 Å². The van der Waals surface area contributed by atoms with E-state index in [1.165, 1.54) is 11.1 Å². The molecule has 1 aliphatic heterocycles. The van der Waals surface area contributed by atoms with Gasteiger partial charge in [-0.2, -0.15) is 0 Å². The van der Waals surface area contributed by atoms with Gasteiger partial charge >= 0.3 is 7.75 Å². The van der Waals surface area contributed by atoms with Crippen molar-refractivity contribution in [3.05, 3.63) is 96.1 Å². The number of likely N-dealkylation sites (N-methyl/N-ethyl adjacent to an activating group) is 1. The summed E-state index contributed by atoms with van der Waals surface area (Å²) < 4.78 is 30.1. The number of amidine groups is 1. The van der Waals surface area contributed by atoms with E-state index in [-0.39, 0.29) is 6.04 Å². The highest BCUT2D eigenvalue weighted by Crippen LogP contribution is 2.51. The zero-order valence-corrected chi connectivity index (χ0v) is 18.0. The maximum absolute atomic E-state index is 13.8. The number of hydrogen-bond acceptors (Lipinski definition) is 3. The minimum absolute atomic E-state index is 0.126. The molecular weight excluding hydrogens is 395 g/mol. The number of fused-ring (bicyclic) bond motifs is 1. The van der Waals surface area contributed by atoms with Crippen LogP contribution in [0.15, 0.2) is 89.7 Å². The maximum atomic E-state index is 13.8. The molecule has 1 atom stereocenters. The molecule has 0 bridgehead atoms. The number of benzene rings is 3. The highest BCUT2D eigenvalue weighted by Gasteiger charge is 2.34. The van der Waals surface area contributed by atoms with Crippen molar-refractivity contribution in [3.63, 3.8) is 0 Å². The standard InChI is InChI=1S/C24H25N2O3P/c1-3-26-19(2)23-17-11-10-12-20(23)18-24(26)25-30(27,28-21-13-6-4-7-14-21)29-22-15-8-5-9-16-22/h4-17,19H,3,18H2,1-2H3. The van der Waals surface area contributed by atoms with Gasteiger partial charge in [-0.25, -0.2) is 4.57 Å². The largest absolute Gasteiger partial charge is 0.564 e. The highest BCUT2D eigenvalue weighted by atomic mass is 31.2. The van der Waals surface area contributed by atoms with Gasteiger partial charge in [-0.05, 0) is 49.2 Å². The second kappa shape index (κ2) is 8.76. The maximum Gasteiger partial charge on any atom is 0.564 e. The molecular formula is C24H25N2O3P. The molecule has 6 heteroatoms. The van der Waals surface area contributed by atoms with E-state index in [2.05, 4.69) is 35.6 Å². The van der Waals surface area contributed by atoms with Crippen LogP contribution in [-0.2, 0) is 11.0 Å². The summed E-state index contributed by atoms with van der Waals surface area (Å²) in [6.45, 7) is 4.95. The lowest BCUT2D eigenvalue weighted by molar-refractivity contribution is 0.333. The predicted octanol–water partition coefficient (Wildman–Crippen LogP) is 6.29. The van der Waals surface area contributed by atoms with Gasteiger partial charge in [0, 0.05) is 13.0 Å². The molecule has 1 unspecified atom stereocenters. The van der Waals surface area contributed by atoms with Gasteiger partial charge in [-0.15, -0.1) is 4.76 Å². The molecule has 0 aromatic heterocycles. The molecule has 30 heavy (non-hydrogen) atoms. The molecule has 3 aromatic carbocycles. The molecule has 1 aliphatic rings. The molecule has 0 N–H and O–H groups in total. The minimum atomic E-state index is -3.87. The molecule has 5 nitrogen and oxygen atoms in total. The van der Waals surface area contributed by atoms with Gasteiger partial charge in [-0.3, -0.25) is 0 Å². The minimum Gasteiger partial charge on any atom is -0.399 e. The number of nitrogens with zero attached hydrogens (tertiary/aromatic N) is 2. The van der Waals surface area contributed by atoms with Crippen LogP contribution in [-0.4, -0.2) is 17.3 Å². The van der Waals surface area contributed by atoms with E-state index in [4.69, 9.17) is 9.05 Å². The summed E-state index contributed by atoms with van der Waals surface area (Å²) in [5.74, 6) is 1.61. The number of para-hydroxylation sites is 2. The average molecular weight is 420 g/mol. The summed E-state index contributed by atoms with van der Waals surface area (Å²) in [5.41, 5.74) is 2.44. The fraction of sp³-hybridized carbons (Fsp3) is 0.208. The van der Waals surface area contributed by atoms with E-state index in [1.54, 1.807) is 24.3 Å². The van der Waals surface area contributed by atoms with Gasteiger partial charge in [0.25, 0.3) is 0 Å². The van der Waals surface area contributed by atoms with Gasteiger partial charge in [0.15, 0.2) is 0 Å². The lowest BCUT2D eigenvalue weighted by Crippen LogP contribution is -2.39. The first kappa shape index (κ1) is 20.2. The summed E-state index contributed by atoms with van der Waals surface area (Å²) in [6.07, 6.45) is 0.578. The van der Waals surface area contributed by atoms with Crippen LogP contribution < -0.4 is 9.05 Å². The fourth-order valence-electron chi connectivity index (χ4n) is 3.75.